The highest BCUT2D eigenvalue weighted by atomic mass is 16.4. The average molecular weight is 290 g/mol. The van der Waals surface area contributed by atoms with E-state index in [1.165, 1.54) is 32.0 Å². The molecule has 1 aromatic rings. The normalized spacial score (nSPS) is 20.9. The van der Waals surface area contributed by atoms with Crippen LogP contribution in [0.15, 0.2) is 6.07 Å². The molecule has 6 heteroatoms. The summed E-state index contributed by atoms with van der Waals surface area (Å²) in [5.41, 5.74) is 0.790. The highest BCUT2D eigenvalue weighted by Gasteiger charge is 2.27. The number of hydrogen-bond acceptors (Lipinski definition) is 5. The van der Waals surface area contributed by atoms with Gasteiger partial charge in [-0.1, -0.05) is 0 Å². The van der Waals surface area contributed by atoms with Gasteiger partial charge in [0.1, 0.15) is 0 Å². The zero-order chi connectivity index (χ0) is 14.8. The Morgan fingerprint density at radius 1 is 1.19 bits per heavy atom. The molecule has 2 saturated heterocycles. The first kappa shape index (κ1) is 14.3. The largest absolute Gasteiger partial charge is 0.477 e. The summed E-state index contributed by atoms with van der Waals surface area (Å²) < 4.78 is 0. The molecule has 6 nitrogen and oxygen atoms in total. The molecule has 1 aromatic heterocycles. The maximum atomic E-state index is 11.1. The molecule has 1 N–H and O–H groups in total. The van der Waals surface area contributed by atoms with Gasteiger partial charge in [0.25, 0.3) is 0 Å². The van der Waals surface area contributed by atoms with E-state index in [1.54, 1.807) is 0 Å². The molecule has 0 bridgehead atoms. The molecule has 0 aromatic carbocycles. The number of carboxylic acid groups (broad SMARTS) is 1. The predicted molar refractivity (Wildman–Crippen MR) is 79.8 cm³/mol. The summed E-state index contributed by atoms with van der Waals surface area (Å²) in [4.78, 5) is 24.4. The third kappa shape index (κ3) is 3.15. The topological polar surface area (TPSA) is 69.6 Å². The van der Waals surface area contributed by atoms with Crippen molar-refractivity contribution >= 4 is 11.9 Å². The maximum absolute atomic E-state index is 11.1. The predicted octanol–water partition coefficient (Wildman–Crippen LogP) is 1.55. The molecular formula is C15H22N4O2. The van der Waals surface area contributed by atoms with Crippen molar-refractivity contribution < 1.29 is 9.90 Å². The second-order valence-electron chi connectivity index (χ2n) is 5.96. The first-order chi connectivity index (χ1) is 10.1. The summed E-state index contributed by atoms with van der Waals surface area (Å²) in [7, 11) is 0. The fourth-order valence-corrected chi connectivity index (χ4v) is 3.34. The fourth-order valence-electron chi connectivity index (χ4n) is 3.34. The Bertz CT molecular complexity index is 520. The van der Waals surface area contributed by atoms with Crippen LogP contribution in [0, 0.1) is 6.92 Å². The highest BCUT2D eigenvalue weighted by molar-refractivity contribution is 5.85. The van der Waals surface area contributed by atoms with Gasteiger partial charge in [0, 0.05) is 24.8 Å². The van der Waals surface area contributed by atoms with Crippen molar-refractivity contribution in [2.45, 2.75) is 38.6 Å². The van der Waals surface area contributed by atoms with Gasteiger partial charge in [-0.05, 0) is 51.8 Å². The summed E-state index contributed by atoms with van der Waals surface area (Å²) in [5, 5.41) is 9.10. The molecule has 0 unspecified atom stereocenters. The molecule has 0 spiro atoms. The van der Waals surface area contributed by atoms with E-state index in [-0.39, 0.29) is 5.69 Å². The number of aromatic nitrogens is 2. The lowest BCUT2D eigenvalue weighted by atomic mass is 10.0. The number of carbonyl (C=O) groups is 1. The number of nitrogens with zero attached hydrogens (tertiary/aromatic N) is 4. The van der Waals surface area contributed by atoms with E-state index >= 15 is 0 Å². The van der Waals surface area contributed by atoms with Crippen LogP contribution in [0.1, 0.15) is 41.9 Å². The fraction of sp³-hybridized carbons (Fsp3) is 0.667. The van der Waals surface area contributed by atoms with Crippen molar-refractivity contribution in [3.8, 4) is 0 Å². The number of carboxylic acids is 1. The monoisotopic (exact) mass is 290 g/mol. The number of likely N-dealkylation sites (tertiary alicyclic amines) is 1. The highest BCUT2D eigenvalue weighted by Crippen LogP contribution is 2.23. The molecule has 0 atom stereocenters. The standard InChI is InChI=1S/C15H22N4O2/c1-11-10-13(14(20)21)17-15(16-11)19-8-4-12(5-9-19)18-6-2-3-7-18/h10,12H,2-9H2,1H3,(H,20,21). The number of hydrogen-bond donors (Lipinski definition) is 1. The first-order valence-electron chi connectivity index (χ1n) is 7.71. The maximum Gasteiger partial charge on any atom is 0.354 e. The zero-order valence-electron chi connectivity index (χ0n) is 12.5. The van der Waals surface area contributed by atoms with Gasteiger partial charge in [-0.15, -0.1) is 0 Å². The van der Waals surface area contributed by atoms with Crippen LogP contribution < -0.4 is 4.90 Å². The minimum absolute atomic E-state index is 0.0826. The van der Waals surface area contributed by atoms with Gasteiger partial charge in [0.15, 0.2) is 5.69 Å². The molecule has 2 aliphatic heterocycles. The molecular weight excluding hydrogens is 268 g/mol. The van der Waals surface area contributed by atoms with Crippen molar-refractivity contribution in [3.05, 3.63) is 17.5 Å². The summed E-state index contributed by atoms with van der Waals surface area (Å²) in [5.74, 6) is -0.430. The Morgan fingerprint density at radius 2 is 1.86 bits per heavy atom. The Balaban J connectivity index is 1.67. The lowest BCUT2D eigenvalue weighted by molar-refractivity contribution is 0.0690. The van der Waals surface area contributed by atoms with Crippen molar-refractivity contribution in [2.75, 3.05) is 31.1 Å². The number of aryl methyl sites for hydroxylation is 1. The SMILES string of the molecule is Cc1cc(C(=O)O)nc(N2CCC(N3CCCC3)CC2)n1. The minimum Gasteiger partial charge on any atom is -0.477 e. The van der Waals surface area contributed by atoms with Crippen LogP contribution in [0.2, 0.25) is 0 Å². The molecule has 21 heavy (non-hydrogen) atoms. The third-order valence-electron chi connectivity index (χ3n) is 4.47. The van der Waals surface area contributed by atoms with Crippen LogP contribution in [0.25, 0.3) is 0 Å². The van der Waals surface area contributed by atoms with Crippen LogP contribution in [0.5, 0.6) is 0 Å². The molecule has 3 rings (SSSR count). The lowest BCUT2D eigenvalue weighted by Crippen LogP contribution is -2.44. The molecule has 0 amide bonds. The van der Waals surface area contributed by atoms with E-state index in [0.717, 1.165) is 25.9 Å². The van der Waals surface area contributed by atoms with Gasteiger partial charge >= 0.3 is 5.97 Å². The minimum atomic E-state index is -0.992. The Kier molecular flexibility index (Phi) is 4.05. The molecule has 0 saturated carbocycles. The Labute approximate surface area is 124 Å². The second-order valence-corrected chi connectivity index (χ2v) is 5.96. The van der Waals surface area contributed by atoms with Gasteiger partial charge in [-0.2, -0.15) is 0 Å². The van der Waals surface area contributed by atoms with E-state index in [2.05, 4.69) is 19.8 Å². The van der Waals surface area contributed by atoms with E-state index in [0.29, 0.717) is 17.7 Å². The van der Waals surface area contributed by atoms with E-state index < -0.39 is 5.97 Å². The van der Waals surface area contributed by atoms with Crippen LogP contribution in [0.3, 0.4) is 0 Å². The quantitative estimate of drug-likeness (QED) is 0.911. The number of aromatic carboxylic acids is 1. The van der Waals surface area contributed by atoms with Gasteiger partial charge in [0.05, 0.1) is 0 Å². The van der Waals surface area contributed by atoms with Gasteiger partial charge in [-0.3, -0.25) is 0 Å². The van der Waals surface area contributed by atoms with Crippen molar-refractivity contribution in [1.82, 2.24) is 14.9 Å². The van der Waals surface area contributed by atoms with Crippen LogP contribution >= 0.6 is 0 Å². The van der Waals surface area contributed by atoms with Gasteiger partial charge in [0.2, 0.25) is 5.95 Å². The first-order valence-corrected chi connectivity index (χ1v) is 7.71. The summed E-state index contributed by atoms with van der Waals surface area (Å²) >= 11 is 0. The average Bonchev–Trinajstić information content (AvgIpc) is 3.01. The van der Waals surface area contributed by atoms with Crippen LogP contribution in [0.4, 0.5) is 5.95 Å². The lowest BCUT2D eigenvalue weighted by Gasteiger charge is -2.36. The van der Waals surface area contributed by atoms with Crippen molar-refractivity contribution in [1.29, 1.82) is 0 Å². The molecule has 0 radical (unpaired) electrons. The van der Waals surface area contributed by atoms with Crippen LogP contribution in [-0.4, -0.2) is 58.2 Å². The van der Waals surface area contributed by atoms with Crippen LogP contribution in [-0.2, 0) is 0 Å². The summed E-state index contributed by atoms with van der Waals surface area (Å²) in [6, 6.07) is 2.19. The molecule has 3 heterocycles. The smallest absolute Gasteiger partial charge is 0.354 e. The van der Waals surface area contributed by atoms with E-state index in [9.17, 15) is 4.79 Å². The molecule has 114 valence electrons. The second kappa shape index (κ2) is 5.97. The molecule has 0 aliphatic carbocycles. The summed E-state index contributed by atoms with van der Waals surface area (Å²) in [6.45, 7) is 6.09. The van der Waals surface area contributed by atoms with Gasteiger partial charge in [-0.25, -0.2) is 14.8 Å². The van der Waals surface area contributed by atoms with Crippen molar-refractivity contribution in [2.24, 2.45) is 0 Å². The Morgan fingerprint density at radius 3 is 2.48 bits per heavy atom. The molecule has 2 fully saturated rings. The summed E-state index contributed by atoms with van der Waals surface area (Å²) in [6.07, 6.45) is 4.87. The molecule has 2 aliphatic rings. The van der Waals surface area contributed by atoms with E-state index in [1.807, 2.05) is 6.92 Å². The Hall–Kier alpha value is -1.69. The number of piperidine rings is 1. The van der Waals surface area contributed by atoms with E-state index in [4.69, 9.17) is 5.11 Å². The number of anilines is 1. The van der Waals surface area contributed by atoms with Crippen molar-refractivity contribution in [3.63, 3.8) is 0 Å². The third-order valence-corrected chi connectivity index (χ3v) is 4.47. The van der Waals surface area contributed by atoms with Gasteiger partial charge < -0.3 is 14.9 Å². The number of rotatable bonds is 3. The zero-order valence-corrected chi connectivity index (χ0v) is 12.5.